The Morgan fingerprint density at radius 1 is 1.47 bits per heavy atom. The zero-order chi connectivity index (χ0) is 13.4. The molecule has 3 nitrogen and oxygen atoms in total. The highest BCUT2D eigenvalue weighted by Crippen LogP contribution is 2.29. The summed E-state index contributed by atoms with van der Waals surface area (Å²) in [6.07, 6.45) is 2.51. The number of amides is 1. The van der Waals surface area contributed by atoms with Gasteiger partial charge in [0, 0.05) is 22.9 Å². The fourth-order valence-electron chi connectivity index (χ4n) is 2.45. The number of carbonyl (C=O) groups is 1. The summed E-state index contributed by atoms with van der Waals surface area (Å²) < 4.78 is 3.11. The Hall–Kier alpha value is -1.29. The molecule has 1 aromatic carbocycles. The van der Waals surface area contributed by atoms with Crippen LogP contribution in [0.3, 0.4) is 0 Å². The number of hydrogen-bond acceptors (Lipinski definition) is 1. The molecule has 1 fully saturated rings. The van der Waals surface area contributed by atoms with Crippen LogP contribution in [0, 0.1) is 5.92 Å². The second-order valence-electron chi connectivity index (χ2n) is 5.10. The number of halogens is 1. The van der Waals surface area contributed by atoms with E-state index in [2.05, 4.69) is 32.7 Å². The number of hydrogen-bond donors (Lipinski definition) is 1. The molecule has 0 atom stereocenters. The lowest BCUT2D eigenvalue weighted by Crippen LogP contribution is -2.27. The van der Waals surface area contributed by atoms with Crippen LogP contribution in [0.25, 0.3) is 10.9 Å². The smallest absolute Gasteiger partial charge is 0.267 e. The van der Waals surface area contributed by atoms with Gasteiger partial charge in [-0.1, -0.05) is 12.1 Å². The summed E-state index contributed by atoms with van der Waals surface area (Å²) in [5.74, 6) is 0.743. The molecule has 0 saturated heterocycles. The molecule has 1 N–H and O–H groups in total. The lowest BCUT2D eigenvalue weighted by molar-refractivity contribution is 0.0943. The second kappa shape index (κ2) is 5.00. The molecular weight excluding hydrogens is 304 g/mol. The molecule has 100 valence electrons. The second-order valence-corrected chi connectivity index (χ2v) is 5.96. The van der Waals surface area contributed by atoms with Gasteiger partial charge in [-0.25, -0.2) is 0 Å². The number of nitrogens with zero attached hydrogens (tertiary/aromatic N) is 1. The van der Waals surface area contributed by atoms with Crippen molar-refractivity contribution in [3.63, 3.8) is 0 Å². The number of rotatable bonds is 4. The van der Waals surface area contributed by atoms with E-state index in [-0.39, 0.29) is 5.91 Å². The van der Waals surface area contributed by atoms with Crippen LogP contribution in [0.4, 0.5) is 0 Å². The summed E-state index contributed by atoms with van der Waals surface area (Å²) in [5.41, 5.74) is 1.85. The average molecular weight is 321 g/mol. The molecule has 1 aliphatic carbocycles. The maximum absolute atomic E-state index is 12.3. The lowest BCUT2D eigenvalue weighted by Gasteiger charge is -2.09. The molecule has 1 aromatic heterocycles. The van der Waals surface area contributed by atoms with E-state index in [0.717, 1.165) is 34.2 Å². The zero-order valence-electron chi connectivity index (χ0n) is 10.9. The molecule has 0 unspecified atom stereocenters. The van der Waals surface area contributed by atoms with Crippen molar-refractivity contribution >= 4 is 32.7 Å². The molecular formula is C15H17BrN2O. The maximum Gasteiger partial charge on any atom is 0.267 e. The van der Waals surface area contributed by atoms with Crippen molar-refractivity contribution in [2.75, 3.05) is 6.54 Å². The van der Waals surface area contributed by atoms with Gasteiger partial charge in [-0.3, -0.25) is 4.79 Å². The molecule has 19 heavy (non-hydrogen) atoms. The molecule has 0 aliphatic heterocycles. The quantitative estimate of drug-likeness (QED) is 0.918. The van der Waals surface area contributed by atoms with Crippen LogP contribution >= 0.6 is 15.9 Å². The SMILES string of the molecule is CCn1c(C(=O)NCC2CC2)cc2cccc(Br)c21. The molecule has 0 radical (unpaired) electrons. The maximum atomic E-state index is 12.3. The fourth-order valence-corrected chi connectivity index (χ4v) is 3.04. The number of fused-ring (bicyclic) bond motifs is 1. The van der Waals surface area contributed by atoms with Gasteiger partial charge in [0.2, 0.25) is 0 Å². The number of benzene rings is 1. The Bertz CT molecular complexity index is 628. The highest BCUT2D eigenvalue weighted by molar-refractivity contribution is 9.10. The van der Waals surface area contributed by atoms with Crippen molar-refractivity contribution in [1.29, 1.82) is 0 Å². The Kier molecular flexibility index (Phi) is 3.35. The van der Waals surface area contributed by atoms with Crippen molar-refractivity contribution in [2.45, 2.75) is 26.3 Å². The van der Waals surface area contributed by atoms with Gasteiger partial charge in [-0.05, 0) is 53.7 Å². The molecule has 0 bridgehead atoms. The molecule has 4 heteroatoms. The van der Waals surface area contributed by atoms with E-state index in [4.69, 9.17) is 0 Å². The van der Waals surface area contributed by atoms with E-state index in [1.165, 1.54) is 12.8 Å². The van der Waals surface area contributed by atoms with Crippen LogP contribution in [0.15, 0.2) is 28.7 Å². The number of carbonyl (C=O) groups excluding carboxylic acids is 1. The van der Waals surface area contributed by atoms with Gasteiger partial charge >= 0.3 is 0 Å². The molecule has 1 heterocycles. The first kappa shape index (κ1) is 12.7. The monoisotopic (exact) mass is 320 g/mol. The molecule has 2 aromatic rings. The van der Waals surface area contributed by atoms with Crippen molar-refractivity contribution in [3.05, 3.63) is 34.4 Å². The Balaban J connectivity index is 1.97. The Morgan fingerprint density at radius 2 is 2.26 bits per heavy atom. The molecule has 1 aliphatic rings. The van der Waals surface area contributed by atoms with Crippen LogP contribution in [-0.2, 0) is 6.54 Å². The average Bonchev–Trinajstić information content (AvgIpc) is 3.15. The molecule has 1 amide bonds. The summed E-state index contributed by atoms with van der Waals surface area (Å²) in [7, 11) is 0. The third-order valence-electron chi connectivity index (χ3n) is 3.67. The van der Waals surface area contributed by atoms with Gasteiger partial charge in [0.05, 0.1) is 5.52 Å². The third-order valence-corrected chi connectivity index (χ3v) is 4.31. The summed E-state index contributed by atoms with van der Waals surface area (Å²) in [6.45, 7) is 3.67. The van der Waals surface area contributed by atoms with E-state index in [1.54, 1.807) is 0 Å². The van der Waals surface area contributed by atoms with E-state index >= 15 is 0 Å². The van der Waals surface area contributed by atoms with Gasteiger partial charge in [0.1, 0.15) is 5.69 Å². The van der Waals surface area contributed by atoms with Crippen molar-refractivity contribution in [3.8, 4) is 0 Å². The fraction of sp³-hybridized carbons (Fsp3) is 0.400. The molecule has 1 saturated carbocycles. The minimum Gasteiger partial charge on any atom is -0.350 e. The predicted octanol–water partition coefficient (Wildman–Crippen LogP) is 3.56. The Morgan fingerprint density at radius 3 is 2.95 bits per heavy atom. The summed E-state index contributed by atoms with van der Waals surface area (Å²) >= 11 is 3.57. The highest BCUT2D eigenvalue weighted by atomic mass is 79.9. The summed E-state index contributed by atoms with van der Waals surface area (Å²) in [6, 6.07) is 8.04. The van der Waals surface area contributed by atoms with Gasteiger partial charge < -0.3 is 9.88 Å². The van der Waals surface area contributed by atoms with Crippen LogP contribution in [0.2, 0.25) is 0 Å². The zero-order valence-corrected chi connectivity index (χ0v) is 12.5. The first-order chi connectivity index (χ1) is 9.20. The first-order valence-electron chi connectivity index (χ1n) is 6.76. The predicted molar refractivity (Wildman–Crippen MR) is 80.4 cm³/mol. The van der Waals surface area contributed by atoms with Gasteiger partial charge in [0.25, 0.3) is 5.91 Å². The number of nitrogens with one attached hydrogen (secondary N) is 1. The summed E-state index contributed by atoms with van der Waals surface area (Å²) in [4.78, 5) is 12.3. The van der Waals surface area contributed by atoms with Gasteiger partial charge in [-0.2, -0.15) is 0 Å². The number of aromatic nitrogens is 1. The minimum absolute atomic E-state index is 0.0388. The van der Waals surface area contributed by atoms with Gasteiger partial charge in [-0.15, -0.1) is 0 Å². The lowest BCUT2D eigenvalue weighted by atomic mass is 10.2. The van der Waals surface area contributed by atoms with E-state index in [1.807, 2.05) is 24.3 Å². The van der Waals surface area contributed by atoms with E-state index in [9.17, 15) is 4.79 Å². The summed E-state index contributed by atoms with van der Waals surface area (Å²) in [5, 5.41) is 4.15. The third kappa shape index (κ3) is 2.41. The van der Waals surface area contributed by atoms with Crippen molar-refractivity contribution in [2.24, 2.45) is 5.92 Å². The van der Waals surface area contributed by atoms with Crippen LogP contribution in [-0.4, -0.2) is 17.0 Å². The minimum atomic E-state index is 0.0388. The largest absolute Gasteiger partial charge is 0.350 e. The van der Waals surface area contributed by atoms with E-state index in [0.29, 0.717) is 5.92 Å². The molecule has 3 rings (SSSR count). The first-order valence-corrected chi connectivity index (χ1v) is 7.56. The van der Waals surface area contributed by atoms with Crippen molar-refractivity contribution in [1.82, 2.24) is 9.88 Å². The Labute approximate surface area is 121 Å². The van der Waals surface area contributed by atoms with Crippen LogP contribution in [0.1, 0.15) is 30.3 Å². The van der Waals surface area contributed by atoms with Crippen molar-refractivity contribution < 1.29 is 4.79 Å². The van der Waals surface area contributed by atoms with Crippen LogP contribution < -0.4 is 5.32 Å². The standard InChI is InChI=1S/C15H17BrN2O/c1-2-18-13(15(19)17-9-10-6-7-10)8-11-4-3-5-12(16)14(11)18/h3-5,8,10H,2,6-7,9H2,1H3,(H,17,19). The van der Waals surface area contributed by atoms with Crippen LogP contribution in [0.5, 0.6) is 0 Å². The topological polar surface area (TPSA) is 34.0 Å². The number of para-hydroxylation sites is 1. The van der Waals surface area contributed by atoms with Gasteiger partial charge in [0.15, 0.2) is 0 Å². The molecule has 0 spiro atoms. The highest BCUT2D eigenvalue weighted by Gasteiger charge is 2.23. The van der Waals surface area contributed by atoms with E-state index < -0.39 is 0 Å². The number of aryl methyl sites for hydroxylation is 1. The normalized spacial score (nSPS) is 14.8.